The molecule has 0 saturated heterocycles. The van der Waals surface area contributed by atoms with Crippen LogP contribution in [0.25, 0.3) is 5.65 Å². The van der Waals surface area contributed by atoms with E-state index < -0.39 is 23.6 Å². The Morgan fingerprint density at radius 3 is 2.66 bits per heavy atom. The number of aryl methyl sites for hydroxylation is 1. The first kappa shape index (κ1) is 20.4. The van der Waals surface area contributed by atoms with Crippen LogP contribution < -0.4 is 5.32 Å². The van der Waals surface area contributed by atoms with Crippen molar-refractivity contribution in [1.82, 2.24) is 9.38 Å². The maximum absolute atomic E-state index is 13.0. The fourth-order valence-electron chi connectivity index (χ4n) is 2.80. The van der Waals surface area contributed by atoms with Gasteiger partial charge in [-0.1, -0.05) is 13.0 Å². The molecule has 0 spiro atoms. The number of fused-ring (bicyclic) bond motifs is 1. The number of hydrogen-bond acceptors (Lipinski definition) is 4. The molecule has 0 atom stereocenters. The lowest BCUT2D eigenvalue weighted by atomic mass is 10.2. The van der Waals surface area contributed by atoms with Gasteiger partial charge >= 0.3 is 12.1 Å². The summed E-state index contributed by atoms with van der Waals surface area (Å²) >= 11 is 0. The Balaban J connectivity index is 1.90. The molecule has 1 N–H and O–H groups in total. The highest BCUT2D eigenvalue weighted by Crippen LogP contribution is 2.30. The average Bonchev–Trinajstić information content (AvgIpc) is 3.00. The summed E-state index contributed by atoms with van der Waals surface area (Å²) in [6.07, 6.45) is -3.04. The van der Waals surface area contributed by atoms with Crippen molar-refractivity contribution in [3.63, 3.8) is 0 Å². The molecule has 3 aromatic rings. The van der Waals surface area contributed by atoms with E-state index in [1.54, 1.807) is 18.2 Å². The number of nitrogens with zero attached hydrogens (tertiary/aromatic N) is 2. The second kappa shape index (κ2) is 7.94. The van der Waals surface area contributed by atoms with E-state index in [4.69, 9.17) is 4.74 Å². The quantitative estimate of drug-likeness (QED) is 0.636. The van der Waals surface area contributed by atoms with Gasteiger partial charge in [0.05, 0.1) is 23.4 Å². The van der Waals surface area contributed by atoms with Crippen LogP contribution in [0.1, 0.15) is 45.4 Å². The summed E-state index contributed by atoms with van der Waals surface area (Å²) in [5.74, 6) is -1.17. The lowest BCUT2D eigenvalue weighted by Gasteiger charge is -2.10. The van der Waals surface area contributed by atoms with Crippen molar-refractivity contribution in [1.29, 1.82) is 0 Å². The third-order valence-electron chi connectivity index (χ3n) is 4.13. The predicted octanol–water partition coefficient (Wildman–Crippen LogP) is 4.48. The standard InChI is InChI=1S/C20H18F3N3O3/c1-3-9-29-19(28)13-5-4-6-15(10-13)25-18(27)17-12(2)24-16-8-7-14(11-26(16)17)20(21,22)23/h4-8,10-11H,3,9H2,1-2H3,(H,25,27). The molecule has 2 heterocycles. The van der Waals surface area contributed by atoms with Crippen LogP contribution in [0.2, 0.25) is 0 Å². The van der Waals surface area contributed by atoms with Gasteiger partial charge in [0.25, 0.3) is 5.91 Å². The maximum atomic E-state index is 13.0. The highest BCUT2D eigenvalue weighted by molar-refractivity contribution is 6.05. The molecule has 3 rings (SSSR count). The number of halogens is 3. The SMILES string of the molecule is CCCOC(=O)c1cccc(NC(=O)c2c(C)nc3ccc(C(F)(F)F)cn23)c1. The van der Waals surface area contributed by atoms with Gasteiger partial charge in [0, 0.05) is 11.9 Å². The van der Waals surface area contributed by atoms with Gasteiger partial charge < -0.3 is 10.1 Å². The summed E-state index contributed by atoms with van der Waals surface area (Å²) in [4.78, 5) is 28.9. The number of aromatic nitrogens is 2. The maximum Gasteiger partial charge on any atom is 0.417 e. The van der Waals surface area contributed by atoms with Gasteiger partial charge in [-0.05, 0) is 43.7 Å². The number of benzene rings is 1. The molecule has 0 bridgehead atoms. The molecule has 0 aliphatic rings. The largest absolute Gasteiger partial charge is 0.462 e. The molecule has 2 aromatic heterocycles. The first-order chi connectivity index (χ1) is 13.7. The number of carbonyl (C=O) groups excluding carboxylic acids is 2. The second-order valence-corrected chi connectivity index (χ2v) is 6.36. The molecule has 6 nitrogen and oxygen atoms in total. The highest BCUT2D eigenvalue weighted by atomic mass is 19.4. The van der Waals surface area contributed by atoms with Gasteiger partial charge in [-0.2, -0.15) is 13.2 Å². The molecule has 152 valence electrons. The zero-order chi connectivity index (χ0) is 21.2. The summed E-state index contributed by atoms with van der Waals surface area (Å²) in [6, 6.07) is 8.24. The smallest absolute Gasteiger partial charge is 0.417 e. The van der Waals surface area contributed by atoms with Crippen molar-refractivity contribution in [3.05, 3.63) is 65.1 Å². The highest BCUT2D eigenvalue weighted by Gasteiger charge is 2.31. The number of carbonyl (C=O) groups is 2. The molecule has 29 heavy (non-hydrogen) atoms. The van der Waals surface area contributed by atoms with Crippen molar-refractivity contribution in [2.24, 2.45) is 0 Å². The third-order valence-corrected chi connectivity index (χ3v) is 4.13. The monoisotopic (exact) mass is 405 g/mol. The lowest BCUT2D eigenvalue weighted by Crippen LogP contribution is -2.17. The number of imidazole rings is 1. The van der Waals surface area contributed by atoms with Gasteiger partial charge in [-0.15, -0.1) is 0 Å². The van der Waals surface area contributed by atoms with Crippen LogP contribution in [-0.2, 0) is 10.9 Å². The lowest BCUT2D eigenvalue weighted by molar-refractivity contribution is -0.137. The topological polar surface area (TPSA) is 72.7 Å². The van der Waals surface area contributed by atoms with Crippen molar-refractivity contribution < 1.29 is 27.5 Å². The summed E-state index contributed by atoms with van der Waals surface area (Å²) < 4.78 is 45.3. The van der Waals surface area contributed by atoms with Crippen molar-refractivity contribution in [2.45, 2.75) is 26.4 Å². The van der Waals surface area contributed by atoms with E-state index >= 15 is 0 Å². The molecule has 0 fully saturated rings. The second-order valence-electron chi connectivity index (χ2n) is 6.36. The van der Waals surface area contributed by atoms with Crippen molar-refractivity contribution in [2.75, 3.05) is 11.9 Å². The molecule has 0 aliphatic heterocycles. The van der Waals surface area contributed by atoms with Crippen molar-refractivity contribution in [3.8, 4) is 0 Å². The van der Waals surface area contributed by atoms with E-state index in [0.717, 1.165) is 16.7 Å². The Bertz CT molecular complexity index is 1070. The summed E-state index contributed by atoms with van der Waals surface area (Å²) in [5, 5.41) is 2.60. The zero-order valence-electron chi connectivity index (χ0n) is 15.7. The number of esters is 1. The number of ether oxygens (including phenoxy) is 1. The minimum absolute atomic E-state index is 0.0231. The number of nitrogens with one attached hydrogen (secondary N) is 1. The Morgan fingerprint density at radius 2 is 1.97 bits per heavy atom. The number of anilines is 1. The molecule has 1 amide bonds. The molecular weight excluding hydrogens is 387 g/mol. The molecular formula is C20H18F3N3O3. The molecule has 0 radical (unpaired) electrons. The average molecular weight is 405 g/mol. The molecule has 0 unspecified atom stereocenters. The van der Waals surface area contributed by atoms with E-state index in [2.05, 4.69) is 10.3 Å². The van der Waals surface area contributed by atoms with Crippen LogP contribution >= 0.6 is 0 Å². The fraction of sp³-hybridized carbons (Fsp3) is 0.250. The zero-order valence-corrected chi connectivity index (χ0v) is 15.7. The van der Waals surface area contributed by atoms with Crippen LogP contribution in [0.5, 0.6) is 0 Å². The van der Waals surface area contributed by atoms with E-state index in [-0.39, 0.29) is 29.2 Å². The van der Waals surface area contributed by atoms with Gasteiger partial charge in [0.15, 0.2) is 0 Å². The number of rotatable bonds is 5. The number of alkyl halides is 3. The predicted molar refractivity (Wildman–Crippen MR) is 99.9 cm³/mol. The van der Waals surface area contributed by atoms with E-state index in [1.165, 1.54) is 19.1 Å². The van der Waals surface area contributed by atoms with Crippen LogP contribution in [0.15, 0.2) is 42.6 Å². The third kappa shape index (κ3) is 4.39. The Kier molecular flexibility index (Phi) is 5.58. The minimum Gasteiger partial charge on any atom is -0.462 e. The summed E-state index contributed by atoms with van der Waals surface area (Å²) in [7, 11) is 0. The minimum atomic E-state index is -4.55. The Hall–Kier alpha value is -3.36. The van der Waals surface area contributed by atoms with E-state index in [1.807, 2.05) is 6.92 Å². The van der Waals surface area contributed by atoms with Crippen LogP contribution in [0.4, 0.5) is 18.9 Å². The first-order valence-corrected chi connectivity index (χ1v) is 8.85. The Morgan fingerprint density at radius 1 is 1.21 bits per heavy atom. The van der Waals surface area contributed by atoms with E-state index in [9.17, 15) is 22.8 Å². The molecule has 0 saturated carbocycles. The molecule has 1 aromatic carbocycles. The van der Waals surface area contributed by atoms with Crippen LogP contribution in [0, 0.1) is 6.92 Å². The van der Waals surface area contributed by atoms with Gasteiger partial charge in [0.2, 0.25) is 0 Å². The number of hydrogen-bond donors (Lipinski definition) is 1. The summed E-state index contributed by atoms with van der Waals surface area (Å²) in [5.41, 5.74) is 0.146. The van der Waals surface area contributed by atoms with Gasteiger partial charge in [-0.3, -0.25) is 9.20 Å². The van der Waals surface area contributed by atoms with E-state index in [0.29, 0.717) is 12.1 Å². The van der Waals surface area contributed by atoms with Crippen LogP contribution in [0.3, 0.4) is 0 Å². The normalized spacial score (nSPS) is 11.5. The first-order valence-electron chi connectivity index (χ1n) is 8.85. The van der Waals surface area contributed by atoms with Crippen molar-refractivity contribution >= 4 is 23.2 Å². The van der Waals surface area contributed by atoms with Gasteiger partial charge in [0.1, 0.15) is 11.3 Å². The number of pyridine rings is 1. The Labute approximate surface area is 164 Å². The summed E-state index contributed by atoms with van der Waals surface area (Å²) in [6.45, 7) is 3.68. The molecule has 9 heteroatoms. The molecule has 0 aliphatic carbocycles. The van der Waals surface area contributed by atoms with Gasteiger partial charge in [-0.25, -0.2) is 9.78 Å². The van der Waals surface area contributed by atoms with Crippen LogP contribution in [-0.4, -0.2) is 27.9 Å². The number of amides is 1. The fourth-order valence-corrected chi connectivity index (χ4v) is 2.80.